The second kappa shape index (κ2) is 5.19. The van der Waals surface area contributed by atoms with E-state index in [0.29, 0.717) is 0 Å². The van der Waals surface area contributed by atoms with Crippen LogP contribution < -0.4 is 10.6 Å². The fourth-order valence-electron chi connectivity index (χ4n) is 1.55. The third-order valence-electron chi connectivity index (χ3n) is 2.43. The maximum atomic E-state index is 11.7. The molecule has 1 aliphatic rings. The van der Waals surface area contributed by atoms with E-state index >= 15 is 0 Å². The summed E-state index contributed by atoms with van der Waals surface area (Å²) in [6.45, 7) is 2.62. The average molecular weight is 185 g/mol. The molecule has 0 spiro atoms. The van der Waals surface area contributed by atoms with Gasteiger partial charge in [-0.15, -0.1) is 0 Å². The first-order valence-corrected chi connectivity index (χ1v) is 4.88. The Morgan fingerprint density at radius 1 is 1.69 bits per heavy atom. The minimum absolute atomic E-state index is 0.0712. The van der Waals surface area contributed by atoms with Crippen molar-refractivity contribution in [3.8, 4) is 0 Å². The molecule has 4 heteroatoms. The molecule has 1 saturated heterocycles. The molecule has 0 aromatic heterocycles. The Bertz CT molecular complexity index is 166. The van der Waals surface area contributed by atoms with E-state index in [0.717, 1.165) is 32.5 Å². The van der Waals surface area contributed by atoms with Gasteiger partial charge in [0, 0.05) is 20.1 Å². The number of rotatable bonds is 4. The van der Waals surface area contributed by atoms with Crippen LogP contribution in [0.4, 0.5) is 0 Å². The largest absolute Gasteiger partial charge is 0.343 e. The Kier molecular flexibility index (Phi) is 4.18. The van der Waals surface area contributed by atoms with Crippen molar-refractivity contribution in [2.75, 3.05) is 33.7 Å². The number of hydrogen-bond acceptors (Lipinski definition) is 3. The number of nitrogens with zero attached hydrogens (tertiary/aromatic N) is 1. The van der Waals surface area contributed by atoms with Gasteiger partial charge < -0.3 is 15.5 Å². The second-order valence-corrected chi connectivity index (χ2v) is 3.51. The van der Waals surface area contributed by atoms with Crippen LogP contribution in [0.15, 0.2) is 0 Å². The van der Waals surface area contributed by atoms with E-state index < -0.39 is 0 Å². The SMILES string of the molecule is CNCCN(C)C(=O)C1CCCN1. The maximum absolute atomic E-state index is 11.7. The number of carbonyl (C=O) groups is 1. The molecule has 13 heavy (non-hydrogen) atoms. The number of amides is 1. The fourth-order valence-corrected chi connectivity index (χ4v) is 1.55. The first-order chi connectivity index (χ1) is 6.25. The lowest BCUT2D eigenvalue weighted by molar-refractivity contribution is -0.131. The highest BCUT2D eigenvalue weighted by Crippen LogP contribution is 2.07. The van der Waals surface area contributed by atoms with Gasteiger partial charge in [0.1, 0.15) is 0 Å². The summed E-state index contributed by atoms with van der Waals surface area (Å²) in [5, 5.41) is 6.23. The van der Waals surface area contributed by atoms with Crippen LogP contribution in [0.25, 0.3) is 0 Å². The van der Waals surface area contributed by atoms with Crippen LogP contribution in [0.3, 0.4) is 0 Å². The zero-order valence-electron chi connectivity index (χ0n) is 8.47. The van der Waals surface area contributed by atoms with Gasteiger partial charge in [-0.2, -0.15) is 0 Å². The van der Waals surface area contributed by atoms with Gasteiger partial charge in [0.15, 0.2) is 0 Å². The highest BCUT2D eigenvalue weighted by molar-refractivity contribution is 5.81. The Balaban J connectivity index is 2.28. The first-order valence-electron chi connectivity index (χ1n) is 4.88. The van der Waals surface area contributed by atoms with Crippen molar-refractivity contribution in [3.05, 3.63) is 0 Å². The first kappa shape index (κ1) is 10.5. The van der Waals surface area contributed by atoms with Crippen LogP contribution in [0.2, 0.25) is 0 Å². The normalized spacial score (nSPS) is 21.8. The summed E-state index contributed by atoms with van der Waals surface area (Å²) in [4.78, 5) is 13.5. The molecule has 1 fully saturated rings. The molecule has 1 rings (SSSR count). The van der Waals surface area contributed by atoms with E-state index in [4.69, 9.17) is 0 Å². The van der Waals surface area contributed by atoms with Gasteiger partial charge in [-0.1, -0.05) is 0 Å². The molecule has 0 bridgehead atoms. The lowest BCUT2D eigenvalue weighted by Crippen LogP contribution is -2.43. The van der Waals surface area contributed by atoms with Crippen molar-refractivity contribution in [2.24, 2.45) is 0 Å². The standard InChI is InChI=1S/C9H19N3O/c1-10-6-7-12(2)9(13)8-4-3-5-11-8/h8,10-11H,3-7H2,1-2H3. The highest BCUT2D eigenvalue weighted by atomic mass is 16.2. The van der Waals surface area contributed by atoms with Crippen LogP contribution in [0.1, 0.15) is 12.8 Å². The van der Waals surface area contributed by atoms with Crippen molar-refractivity contribution >= 4 is 5.91 Å². The Morgan fingerprint density at radius 2 is 2.46 bits per heavy atom. The van der Waals surface area contributed by atoms with Crippen LogP contribution in [0, 0.1) is 0 Å². The quantitative estimate of drug-likeness (QED) is 0.615. The number of likely N-dealkylation sites (N-methyl/N-ethyl adjacent to an activating group) is 2. The topological polar surface area (TPSA) is 44.4 Å². The minimum atomic E-state index is 0.0712. The molecular weight excluding hydrogens is 166 g/mol. The predicted molar refractivity (Wildman–Crippen MR) is 52.6 cm³/mol. The summed E-state index contributed by atoms with van der Waals surface area (Å²) in [5.41, 5.74) is 0. The molecule has 0 aliphatic carbocycles. The molecular formula is C9H19N3O. The van der Waals surface area contributed by atoms with E-state index in [1.807, 2.05) is 14.1 Å². The number of carbonyl (C=O) groups excluding carboxylic acids is 1. The zero-order valence-corrected chi connectivity index (χ0v) is 8.47. The predicted octanol–water partition coefficient (Wildman–Crippen LogP) is -0.584. The number of nitrogens with one attached hydrogen (secondary N) is 2. The van der Waals surface area contributed by atoms with Gasteiger partial charge in [-0.25, -0.2) is 0 Å². The van der Waals surface area contributed by atoms with E-state index in [-0.39, 0.29) is 11.9 Å². The lowest BCUT2D eigenvalue weighted by atomic mass is 10.2. The Hall–Kier alpha value is -0.610. The molecule has 4 nitrogen and oxygen atoms in total. The van der Waals surface area contributed by atoms with Crippen molar-refractivity contribution in [1.29, 1.82) is 0 Å². The lowest BCUT2D eigenvalue weighted by Gasteiger charge is -2.20. The van der Waals surface area contributed by atoms with E-state index in [1.165, 1.54) is 0 Å². The summed E-state index contributed by atoms with van der Waals surface area (Å²) >= 11 is 0. The zero-order chi connectivity index (χ0) is 9.68. The fraction of sp³-hybridized carbons (Fsp3) is 0.889. The average Bonchev–Trinajstić information content (AvgIpc) is 2.65. The molecule has 0 aromatic rings. The van der Waals surface area contributed by atoms with Crippen molar-refractivity contribution < 1.29 is 4.79 Å². The summed E-state index contributed by atoms with van der Waals surface area (Å²) in [6, 6.07) is 0.0712. The van der Waals surface area contributed by atoms with Crippen LogP contribution >= 0.6 is 0 Å². The van der Waals surface area contributed by atoms with Gasteiger partial charge in [-0.05, 0) is 26.4 Å². The van der Waals surface area contributed by atoms with Gasteiger partial charge >= 0.3 is 0 Å². The number of hydrogen-bond donors (Lipinski definition) is 2. The van der Waals surface area contributed by atoms with E-state index in [2.05, 4.69) is 10.6 Å². The highest BCUT2D eigenvalue weighted by Gasteiger charge is 2.24. The van der Waals surface area contributed by atoms with Gasteiger partial charge in [0.05, 0.1) is 6.04 Å². The van der Waals surface area contributed by atoms with Gasteiger partial charge in [0.25, 0.3) is 0 Å². The smallest absolute Gasteiger partial charge is 0.239 e. The maximum Gasteiger partial charge on any atom is 0.239 e. The molecule has 0 aromatic carbocycles. The van der Waals surface area contributed by atoms with Gasteiger partial charge in [0.2, 0.25) is 5.91 Å². The monoisotopic (exact) mass is 185 g/mol. The van der Waals surface area contributed by atoms with Crippen molar-refractivity contribution in [2.45, 2.75) is 18.9 Å². The van der Waals surface area contributed by atoms with Gasteiger partial charge in [-0.3, -0.25) is 4.79 Å². The van der Waals surface area contributed by atoms with Crippen molar-refractivity contribution in [1.82, 2.24) is 15.5 Å². The second-order valence-electron chi connectivity index (χ2n) is 3.51. The van der Waals surface area contributed by atoms with Crippen molar-refractivity contribution in [3.63, 3.8) is 0 Å². The third-order valence-corrected chi connectivity index (χ3v) is 2.43. The molecule has 76 valence electrons. The summed E-state index contributed by atoms with van der Waals surface area (Å²) in [7, 11) is 3.76. The van der Waals surface area contributed by atoms with Crippen LogP contribution in [-0.2, 0) is 4.79 Å². The molecule has 1 aliphatic heterocycles. The van der Waals surface area contributed by atoms with Crippen LogP contribution in [-0.4, -0.2) is 50.6 Å². The summed E-state index contributed by atoms with van der Waals surface area (Å²) < 4.78 is 0. The Labute approximate surface area is 79.7 Å². The molecule has 1 atom stereocenters. The molecule has 1 amide bonds. The molecule has 0 saturated carbocycles. The summed E-state index contributed by atoms with van der Waals surface area (Å²) in [5.74, 6) is 0.229. The Morgan fingerprint density at radius 3 is 3.00 bits per heavy atom. The molecule has 1 heterocycles. The summed E-state index contributed by atoms with van der Waals surface area (Å²) in [6.07, 6.45) is 2.11. The molecule has 1 unspecified atom stereocenters. The van der Waals surface area contributed by atoms with E-state index in [1.54, 1.807) is 4.90 Å². The molecule has 2 N–H and O–H groups in total. The third kappa shape index (κ3) is 2.97. The van der Waals surface area contributed by atoms with Crippen LogP contribution in [0.5, 0.6) is 0 Å². The molecule has 0 radical (unpaired) electrons. The minimum Gasteiger partial charge on any atom is -0.343 e. The van der Waals surface area contributed by atoms with E-state index in [9.17, 15) is 4.79 Å².